The van der Waals surface area contributed by atoms with E-state index in [2.05, 4.69) is 4.98 Å². The van der Waals surface area contributed by atoms with Gasteiger partial charge in [0, 0.05) is 20.2 Å². The number of ether oxygens (including phenoxy) is 2. The fourth-order valence-corrected chi connectivity index (χ4v) is 2.77. The Morgan fingerprint density at radius 1 is 1.29 bits per heavy atom. The minimum atomic E-state index is -0.885. The van der Waals surface area contributed by atoms with E-state index in [0.29, 0.717) is 18.7 Å². The van der Waals surface area contributed by atoms with Crippen LogP contribution in [0.5, 0.6) is 5.75 Å². The molecule has 28 heavy (non-hydrogen) atoms. The molecule has 0 fully saturated rings. The summed E-state index contributed by atoms with van der Waals surface area (Å²) in [5, 5.41) is 0. The molecular weight excluding hydrogens is 364 g/mol. The first-order valence-electron chi connectivity index (χ1n) is 9.05. The first kappa shape index (κ1) is 21.2. The van der Waals surface area contributed by atoms with Gasteiger partial charge in [-0.15, -0.1) is 0 Å². The Morgan fingerprint density at radius 2 is 1.96 bits per heavy atom. The SMILES string of the molecule is CCCn1c(N)c(N(CCOC)C(=O)[C@@H](C)Oc2ccccc2)c(=O)[nH]c1=O. The molecule has 1 heterocycles. The molecule has 2 rings (SSSR count). The van der Waals surface area contributed by atoms with Crippen molar-refractivity contribution in [3.05, 3.63) is 51.2 Å². The number of benzene rings is 1. The normalized spacial score (nSPS) is 11.8. The molecule has 0 spiro atoms. The number of nitrogen functional groups attached to an aromatic ring is 1. The minimum absolute atomic E-state index is 0.0630. The van der Waals surface area contributed by atoms with Gasteiger partial charge < -0.3 is 15.2 Å². The van der Waals surface area contributed by atoms with Crippen molar-refractivity contribution < 1.29 is 14.3 Å². The highest BCUT2D eigenvalue weighted by Crippen LogP contribution is 2.19. The van der Waals surface area contributed by atoms with E-state index < -0.39 is 23.3 Å². The van der Waals surface area contributed by atoms with Crippen molar-refractivity contribution in [2.75, 3.05) is 30.9 Å². The van der Waals surface area contributed by atoms with Crippen LogP contribution in [-0.4, -0.2) is 41.8 Å². The summed E-state index contributed by atoms with van der Waals surface area (Å²) in [4.78, 5) is 41.0. The number of nitrogens with zero attached hydrogens (tertiary/aromatic N) is 2. The highest BCUT2D eigenvalue weighted by atomic mass is 16.5. The van der Waals surface area contributed by atoms with Crippen molar-refractivity contribution in [1.82, 2.24) is 9.55 Å². The van der Waals surface area contributed by atoms with Gasteiger partial charge in [-0.1, -0.05) is 25.1 Å². The molecule has 152 valence electrons. The number of aromatic amines is 1. The molecule has 2 aromatic rings. The summed E-state index contributed by atoms with van der Waals surface area (Å²) < 4.78 is 12.0. The number of hydrogen-bond acceptors (Lipinski definition) is 6. The lowest BCUT2D eigenvalue weighted by Gasteiger charge is -2.27. The number of amides is 1. The van der Waals surface area contributed by atoms with Crippen LogP contribution in [0.4, 0.5) is 11.5 Å². The number of methoxy groups -OCH3 is 1. The molecule has 9 heteroatoms. The fraction of sp³-hybridized carbons (Fsp3) is 0.421. The lowest BCUT2D eigenvalue weighted by atomic mass is 10.2. The van der Waals surface area contributed by atoms with Gasteiger partial charge in [-0.25, -0.2) is 4.79 Å². The Morgan fingerprint density at radius 3 is 2.57 bits per heavy atom. The van der Waals surface area contributed by atoms with Crippen LogP contribution in [0, 0.1) is 0 Å². The zero-order valence-corrected chi connectivity index (χ0v) is 16.3. The van der Waals surface area contributed by atoms with Crippen LogP contribution in [0.2, 0.25) is 0 Å². The predicted octanol–water partition coefficient (Wildman–Crippen LogP) is 0.976. The van der Waals surface area contributed by atoms with Crippen LogP contribution in [0.3, 0.4) is 0 Å². The van der Waals surface area contributed by atoms with Gasteiger partial charge in [-0.2, -0.15) is 0 Å². The zero-order valence-electron chi connectivity index (χ0n) is 16.3. The Hall–Kier alpha value is -3.07. The van der Waals surface area contributed by atoms with E-state index in [1.807, 2.05) is 13.0 Å². The molecule has 3 N–H and O–H groups in total. The Bertz CT molecular complexity index is 907. The van der Waals surface area contributed by atoms with Crippen LogP contribution >= 0.6 is 0 Å². The second-order valence-electron chi connectivity index (χ2n) is 6.20. The van der Waals surface area contributed by atoms with Crippen molar-refractivity contribution in [3.8, 4) is 5.75 Å². The quantitative estimate of drug-likeness (QED) is 0.658. The van der Waals surface area contributed by atoms with Gasteiger partial charge in [-0.3, -0.25) is 24.0 Å². The van der Waals surface area contributed by atoms with Crippen LogP contribution in [0.1, 0.15) is 20.3 Å². The third kappa shape index (κ3) is 4.80. The topological polar surface area (TPSA) is 120 Å². The fourth-order valence-electron chi connectivity index (χ4n) is 2.77. The van der Waals surface area contributed by atoms with Gasteiger partial charge >= 0.3 is 5.69 Å². The number of rotatable bonds is 9. The maximum Gasteiger partial charge on any atom is 0.330 e. The maximum absolute atomic E-state index is 13.1. The number of nitrogens with one attached hydrogen (secondary N) is 1. The second-order valence-corrected chi connectivity index (χ2v) is 6.20. The molecule has 1 amide bonds. The summed E-state index contributed by atoms with van der Waals surface area (Å²) in [7, 11) is 1.48. The maximum atomic E-state index is 13.1. The van der Waals surface area contributed by atoms with Crippen LogP contribution in [-0.2, 0) is 16.1 Å². The lowest BCUT2D eigenvalue weighted by Crippen LogP contribution is -2.47. The smallest absolute Gasteiger partial charge is 0.330 e. The molecule has 0 unspecified atom stereocenters. The number of carbonyl (C=O) groups excluding carboxylic acids is 1. The van der Waals surface area contributed by atoms with E-state index in [1.165, 1.54) is 16.6 Å². The molecular formula is C19H26N4O5. The van der Waals surface area contributed by atoms with Crippen molar-refractivity contribution in [1.29, 1.82) is 0 Å². The van der Waals surface area contributed by atoms with Crippen molar-refractivity contribution >= 4 is 17.4 Å². The molecule has 9 nitrogen and oxygen atoms in total. The number of aromatic nitrogens is 2. The Balaban J connectivity index is 2.43. The molecule has 1 aromatic carbocycles. The molecule has 0 aliphatic rings. The van der Waals surface area contributed by atoms with E-state index >= 15 is 0 Å². The third-order valence-electron chi connectivity index (χ3n) is 4.12. The van der Waals surface area contributed by atoms with Crippen molar-refractivity contribution in [3.63, 3.8) is 0 Å². The molecule has 1 atom stereocenters. The second kappa shape index (κ2) is 9.75. The molecule has 0 saturated carbocycles. The monoisotopic (exact) mass is 390 g/mol. The van der Waals surface area contributed by atoms with Gasteiger partial charge in [0.2, 0.25) is 0 Å². The standard InChI is InChI=1S/C19H26N4O5/c1-4-10-23-16(20)15(17(24)21-19(23)26)22(11-12-27-3)18(25)13(2)28-14-8-6-5-7-9-14/h5-9,13H,4,10-12,20H2,1-3H3,(H,21,24,26)/t13-/m1/s1. The van der Waals surface area contributed by atoms with Gasteiger partial charge in [0.15, 0.2) is 11.8 Å². The van der Waals surface area contributed by atoms with Crippen molar-refractivity contribution in [2.24, 2.45) is 0 Å². The number of para-hydroxylation sites is 1. The van der Waals surface area contributed by atoms with Gasteiger partial charge in [0.25, 0.3) is 11.5 Å². The van der Waals surface area contributed by atoms with Gasteiger partial charge in [0.1, 0.15) is 11.6 Å². The highest BCUT2D eigenvalue weighted by molar-refractivity contribution is 5.98. The molecule has 0 aliphatic carbocycles. The average Bonchev–Trinajstić information content (AvgIpc) is 2.67. The van der Waals surface area contributed by atoms with E-state index in [-0.39, 0.29) is 24.7 Å². The zero-order chi connectivity index (χ0) is 20.7. The molecule has 0 saturated heterocycles. The Kier molecular flexibility index (Phi) is 7.39. The van der Waals surface area contributed by atoms with Gasteiger partial charge in [0.05, 0.1) is 6.61 Å². The summed E-state index contributed by atoms with van der Waals surface area (Å²) in [6, 6.07) is 8.87. The number of nitrogens with two attached hydrogens (primary N) is 1. The van der Waals surface area contributed by atoms with Crippen LogP contribution in [0.15, 0.2) is 39.9 Å². The van der Waals surface area contributed by atoms with Gasteiger partial charge in [-0.05, 0) is 25.5 Å². The minimum Gasteiger partial charge on any atom is -0.481 e. The molecule has 0 radical (unpaired) electrons. The Labute approximate surface area is 162 Å². The number of hydrogen-bond donors (Lipinski definition) is 2. The third-order valence-corrected chi connectivity index (χ3v) is 4.12. The predicted molar refractivity (Wildman–Crippen MR) is 107 cm³/mol. The summed E-state index contributed by atoms with van der Waals surface area (Å²) in [5.74, 6) is -0.0142. The summed E-state index contributed by atoms with van der Waals surface area (Å²) in [6.07, 6.45) is -0.251. The average molecular weight is 390 g/mol. The number of H-pyrrole nitrogens is 1. The van der Waals surface area contributed by atoms with E-state index in [9.17, 15) is 14.4 Å². The number of anilines is 2. The molecule has 1 aromatic heterocycles. The summed E-state index contributed by atoms with van der Waals surface area (Å²) in [5.41, 5.74) is 4.68. The van der Waals surface area contributed by atoms with Crippen molar-refractivity contribution in [2.45, 2.75) is 32.9 Å². The first-order chi connectivity index (χ1) is 13.4. The highest BCUT2D eigenvalue weighted by Gasteiger charge is 2.28. The van der Waals surface area contributed by atoms with Crippen LogP contribution < -0.4 is 26.6 Å². The summed E-state index contributed by atoms with van der Waals surface area (Å²) in [6.45, 7) is 4.03. The largest absolute Gasteiger partial charge is 0.481 e. The lowest BCUT2D eigenvalue weighted by molar-refractivity contribution is -0.124. The summed E-state index contributed by atoms with van der Waals surface area (Å²) >= 11 is 0. The van der Waals surface area contributed by atoms with E-state index in [4.69, 9.17) is 15.2 Å². The van der Waals surface area contributed by atoms with E-state index in [0.717, 1.165) is 0 Å². The van der Waals surface area contributed by atoms with Crippen LogP contribution in [0.25, 0.3) is 0 Å². The number of carbonyl (C=O) groups is 1. The van der Waals surface area contributed by atoms with E-state index in [1.54, 1.807) is 31.2 Å². The molecule has 0 bridgehead atoms. The molecule has 0 aliphatic heterocycles. The first-order valence-corrected chi connectivity index (χ1v) is 9.05.